The van der Waals surface area contributed by atoms with E-state index in [9.17, 15) is 4.79 Å². The van der Waals surface area contributed by atoms with Crippen molar-refractivity contribution in [3.63, 3.8) is 0 Å². The summed E-state index contributed by atoms with van der Waals surface area (Å²) in [6.07, 6.45) is 5.97. The molecule has 1 atom stereocenters. The van der Waals surface area contributed by atoms with E-state index in [-0.39, 0.29) is 0 Å². The van der Waals surface area contributed by atoms with Crippen LogP contribution in [0.4, 0.5) is 0 Å². The molecule has 1 aromatic carbocycles. The van der Waals surface area contributed by atoms with Crippen molar-refractivity contribution in [1.82, 2.24) is 4.90 Å². The zero-order valence-electron chi connectivity index (χ0n) is 12.9. The normalized spacial score (nSPS) is 17.8. The third-order valence-electron chi connectivity index (χ3n) is 4.41. The Morgan fingerprint density at radius 2 is 2.05 bits per heavy atom. The first-order chi connectivity index (χ1) is 10.8. The van der Waals surface area contributed by atoms with Crippen LogP contribution in [0, 0.1) is 0 Å². The van der Waals surface area contributed by atoms with Gasteiger partial charge in [0.15, 0.2) is 0 Å². The quantitative estimate of drug-likeness (QED) is 0.778. The first kappa shape index (κ1) is 15.3. The topological polar surface area (TPSA) is 20.3 Å². The van der Waals surface area contributed by atoms with Gasteiger partial charge in [-0.3, -0.25) is 4.79 Å². The lowest BCUT2D eigenvalue weighted by atomic mass is 10.0. The van der Waals surface area contributed by atoms with Crippen molar-refractivity contribution in [2.45, 2.75) is 44.6 Å². The fraction of sp³-hybridized carbons (Fsp3) is 0.421. The van der Waals surface area contributed by atoms with E-state index >= 15 is 0 Å². The van der Waals surface area contributed by atoms with Gasteiger partial charge < -0.3 is 4.90 Å². The van der Waals surface area contributed by atoms with Gasteiger partial charge in [0, 0.05) is 23.9 Å². The predicted octanol–water partition coefficient (Wildman–Crippen LogP) is 4.30. The van der Waals surface area contributed by atoms with Gasteiger partial charge in [0.2, 0.25) is 5.91 Å². The zero-order chi connectivity index (χ0) is 15.2. The highest BCUT2D eigenvalue weighted by atomic mass is 32.1. The van der Waals surface area contributed by atoms with Gasteiger partial charge in [-0.05, 0) is 49.1 Å². The summed E-state index contributed by atoms with van der Waals surface area (Å²) in [4.78, 5) is 16.0. The monoisotopic (exact) mass is 313 g/mol. The van der Waals surface area contributed by atoms with Crippen LogP contribution in [0.25, 0.3) is 0 Å². The second-order valence-electron chi connectivity index (χ2n) is 6.01. The summed E-state index contributed by atoms with van der Waals surface area (Å²) in [5.41, 5.74) is 1.34. The molecule has 1 unspecified atom stereocenters. The van der Waals surface area contributed by atoms with Crippen LogP contribution in [-0.2, 0) is 17.6 Å². The van der Waals surface area contributed by atoms with Crippen LogP contribution in [0.3, 0.4) is 0 Å². The van der Waals surface area contributed by atoms with E-state index in [1.165, 1.54) is 10.4 Å². The van der Waals surface area contributed by atoms with Crippen LogP contribution in [0.1, 0.15) is 36.1 Å². The van der Waals surface area contributed by atoms with E-state index in [1.807, 2.05) is 6.07 Å². The molecule has 1 aromatic heterocycles. The van der Waals surface area contributed by atoms with Crippen LogP contribution in [0.5, 0.6) is 0 Å². The molecule has 0 aliphatic carbocycles. The molecule has 0 spiro atoms. The first-order valence-electron chi connectivity index (χ1n) is 8.19. The number of carbonyl (C=O) groups excluding carboxylic acids is 1. The van der Waals surface area contributed by atoms with Gasteiger partial charge in [-0.2, -0.15) is 0 Å². The molecule has 1 amide bonds. The molecule has 0 N–H and O–H groups in total. The maximum Gasteiger partial charge on any atom is 0.222 e. The van der Waals surface area contributed by atoms with Crippen molar-refractivity contribution >= 4 is 17.2 Å². The van der Waals surface area contributed by atoms with Gasteiger partial charge in [0.25, 0.3) is 0 Å². The lowest BCUT2D eigenvalue weighted by Gasteiger charge is -2.25. The molecule has 1 aliphatic rings. The number of hydrogen-bond donors (Lipinski definition) is 0. The van der Waals surface area contributed by atoms with E-state index in [2.05, 4.69) is 46.7 Å². The molecule has 3 rings (SSSR count). The highest BCUT2D eigenvalue weighted by molar-refractivity contribution is 7.09. The van der Waals surface area contributed by atoms with Gasteiger partial charge in [0.05, 0.1) is 0 Å². The number of rotatable bonds is 6. The van der Waals surface area contributed by atoms with Crippen molar-refractivity contribution in [2.75, 3.05) is 6.54 Å². The molecule has 2 heterocycles. The number of nitrogens with zero attached hydrogens (tertiary/aromatic N) is 1. The van der Waals surface area contributed by atoms with E-state index in [0.717, 1.165) is 38.6 Å². The van der Waals surface area contributed by atoms with Gasteiger partial charge >= 0.3 is 0 Å². The summed E-state index contributed by atoms with van der Waals surface area (Å²) in [7, 11) is 0. The molecule has 1 aliphatic heterocycles. The van der Waals surface area contributed by atoms with E-state index in [1.54, 1.807) is 11.3 Å². The molecule has 1 saturated heterocycles. The average Bonchev–Trinajstić information content (AvgIpc) is 3.20. The van der Waals surface area contributed by atoms with Crippen molar-refractivity contribution in [3.05, 3.63) is 58.3 Å². The average molecular weight is 313 g/mol. The second kappa shape index (κ2) is 7.59. The summed E-state index contributed by atoms with van der Waals surface area (Å²) in [5.74, 6) is 0.343. The molecular weight excluding hydrogens is 290 g/mol. The Balaban J connectivity index is 1.50. The Kier molecular flexibility index (Phi) is 5.28. The van der Waals surface area contributed by atoms with Gasteiger partial charge in [-0.15, -0.1) is 11.3 Å². The summed E-state index contributed by atoms with van der Waals surface area (Å²) in [6.45, 7) is 0.940. The molecule has 1 fully saturated rings. The molecule has 116 valence electrons. The number of aryl methyl sites for hydroxylation is 1. The maximum absolute atomic E-state index is 12.5. The fourth-order valence-electron chi connectivity index (χ4n) is 3.27. The molecular formula is C19H23NOS. The molecule has 22 heavy (non-hydrogen) atoms. The predicted molar refractivity (Wildman–Crippen MR) is 92.1 cm³/mol. The number of amides is 1. The minimum absolute atomic E-state index is 0.343. The standard InChI is InChI=1S/C19H23NOS/c21-19(12-4-10-18-11-6-14-22-18)20-13-5-9-17(20)15-16-7-2-1-3-8-16/h1-3,6-8,11,14,17H,4-5,9-10,12-13,15H2. The Bertz CT molecular complexity index is 579. The third kappa shape index (κ3) is 3.98. The Labute approximate surface area is 136 Å². The molecule has 0 bridgehead atoms. The maximum atomic E-state index is 12.5. The lowest BCUT2D eigenvalue weighted by Crippen LogP contribution is -2.36. The number of carbonyl (C=O) groups is 1. The number of benzene rings is 1. The fourth-order valence-corrected chi connectivity index (χ4v) is 4.03. The van der Waals surface area contributed by atoms with E-state index < -0.39 is 0 Å². The minimum Gasteiger partial charge on any atom is -0.339 e. The molecule has 0 saturated carbocycles. The number of thiophene rings is 1. The zero-order valence-corrected chi connectivity index (χ0v) is 13.7. The van der Waals surface area contributed by atoms with Gasteiger partial charge in [-0.1, -0.05) is 36.4 Å². The number of hydrogen-bond acceptors (Lipinski definition) is 2. The highest BCUT2D eigenvalue weighted by Gasteiger charge is 2.28. The Hall–Kier alpha value is -1.61. The largest absolute Gasteiger partial charge is 0.339 e. The van der Waals surface area contributed by atoms with E-state index in [0.29, 0.717) is 18.4 Å². The van der Waals surface area contributed by atoms with Gasteiger partial charge in [0.1, 0.15) is 0 Å². The van der Waals surface area contributed by atoms with Crippen LogP contribution in [-0.4, -0.2) is 23.4 Å². The second-order valence-corrected chi connectivity index (χ2v) is 7.04. The van der Waals surface area contributed by atoms with Crippen LogP contribution < -0.4 is 0 Å². The third-order valence-corrected chi connectivity index (χ3v) is 5.34. The summed E-state index contributed by atoms with van der Waals surface area (Å²) < 4.78 is 0. The SMILES string of the molecule is O=C(CCCc1cccs1)N1CCCC1Cc1ccccc1. The van der Waals surface area contributed by atoms with Crippen molar-refractivity contribution in [2.24, 2.45) is 0 Å². The summed E-state index contributed by atoms with van der Waals surface area (Å²) >= 11 is 1.78. The summed E-state index contributed by atoms with van der Waals surface area (Å²) in [6, 6.07) is 15.2. The van der Waals surface area contributed by atoms with Crippen molar-refractivity contribution < 1.29 is 4.79 Å². The van der Waals surface area contributed by atoms with Crippen molar-refractivity contribution in [3.8, 4) is 0 Å². The van der Waals surface area contributed by atoms with Crippen LogP contribution >= 0.6 is 11.3 Å². The highest BCUT2D eigenvalue weighted by Crippen LogP contribution is 2.23. The number of likely N-dealkylation sites (tertiary alicyclic amines) is 1. The molecule has 0 radical (unpaired) electrons. The van der Waals surface area contributed by atoms with Crippen molar-refractivity contribution in [1.29, 1.82) is 0 Å². The Morgan fingerprint density at radius 3 is 2.82 bits per heavy atom. The molecule has 2 aromatic rings. The molecule has 3 heteroatoms. The smallest absolute Gasteiger partial charge is 0.222 e. The summed E-state index contributed by atoms with van der Waals surface area (Å²) in [5, 5.41) is 2.10. The van der Waals surface area contributed by atoms with Crippen LogP contribution in [0.2, 0.25) is 0 Å². The lowest BCUT2D eigenvalue weighted by molar-refractivity contribution is -0.132. The minimum atomic E-state index is 0.343. The molecule has 2 nitrogen and oxygen atoms in total. The Morgan fingerprint density at radius 1 is 1.18 bits per heavy atom. The van der Waals surface area contributed by atoms with E-state index in [4.69, 9.17) is 0 Å². The van der Waals surface area contributed by atoms with Gasteiger partial charge in [-0.25, -0.2) is 0 Å². The first-order valence-corrected chi connectivity index (χ1v) is 9.06. The van der Waals surface area contributed by atoms with Crippen LogP contribution in [0.15, 0.2) is 47.8 Å².